The number of hydrogen-bond donors (Lipinski definition) is 1. The van der Waals surface area contributed by atoms with Gasteiger partial charge in [0, 0.05) is 12.1 Å². The Morgan fingerprint density at radius 2 is 1.06 bits per heavy atom. The van der Waals surface area contributed by atoms with Gasteiger partial charge in [-0.05, 0) is 51.4 Å². The van der Waals surface area contributed by atoms with Gasteiger partial charge in [-0.2, -0.15) is 0 Å². The van der Waals surface area contributed by atoms with E-state index in [1.54, 1.807) is 0 Å². The molecule has 2 aliphatic carbocycles. The van der Waals surface area contributed by atoms with E-state index in [0.29, 0.717) is 0 Å². The first kappa shape index (κ1) is 12.4. The highest BCUT2D eigenvalue weighted by atomic mass is 15.0. The van der Waals surface area contributed by atoms with Crippen LogP contribution in [0, 0.1) is 11.8 Å². The normalized spacial score (nSPS) is 28.1. The highest BCUT2D eigenvalue weighted by Crippen LogP contribution is 2.30. The third-order valence-corrected chi connectivity index (χ3v) is 4.99. The molecule has 2 fully saturated rings. The Morgan fingerprint density at radius 3 is 1.50 bits per heavy atom. The first-order valence-corrected chi connectivity index (χ1v) is 7.53. The van der Waals surface area contributed by atoms with E-state index in [-0.39, 0.29) is 0 Å². The van der Waals surface area contributed by atoms with Crippen molar-refractivity contribution in [2.45, 2.75) is 83.7 Å². The van der Waals surface area contributed by atoms with E-state index in [4.69, 9.17) is 0 Å². The van der Waals surface area contributed by atoms with Crippen LogP contribution in [0.15, 0.2) is 0 Å². The molecule has 1 nitrogen and oxygen atoms in total. The van der Waals surface area contributed by atoms with E-state index in [2.05, 4.69) is 19.2 Å². The van der Waals surface area contributed by atoms with Crippen molar-refractivity contribution in [2.24, 2.45) is 11.8 Å². The zero-order valence-corrected chi connectivity index (χ0v) is 11.2. The van der Waals surface area contributed by atoms with Crippen molar-refractivity contribution in [1.82, 2.24) is 5.32 Å². The van der Waals surface area contributed by atoms with Crippen LogP contribution in [0.25, 0.3) is 0 Å². The van der Waals surface area contributed by atoms with Crippen LogP contribution in [0.4, 0.5) is 0 Å². The van der Waals surface area contributed by atoms with Crippen molar-refractivity contribution >= 4 is 0 Å². The molecule has 0 aromatic carbocycles. The summed E-state index contributed by atoms with van der Waals surface area (Å²) < 4.78 is 0. The molecule has 0 aromatic heterocycles. The van der Waals surface area contributed by atoms with Gasteiger partial charge in [-0.3, -0.25) is 0 Å². The molecule has 2 atom stereocenters. The molecule has 0 radical (unpaired) electrons. The molecular weight excluding hydrogens is 194 g/mol. The van der Waals surface area contributed by atoms with Crippen molar-refractivity contribution in [2.75, 3.05) is 0 Å². The molecule has 0 amide bonds. The van der Waals surface area contributed by atoms with Crippen molar-refractivity contribution in [3.05, 3.63) is 0 Å². The molecule has 0 bridgehead atoms. The van der Waals surface area contributed by atoms with Gasteiger partial charge in [0.2, 0.25) is 0 Å². The van der Waals surface area contributed by atoms with Crippen LogP contribution in [0.5, 0.6) is 0 Å². The van der Waals surface area contributed by atoms with Crippen molar-refractivity contribution in [3.63, 3.8) is 0 Å². The number of nitrogens with one attached hydrogen (secondary N) is 1. The van der Waals surface area contributed by atoms with Crippen LogP contribution in [-0.4, -0.2) is 12.1 Å². The fourth-order valence-electron chi connectivity index (χ4n) is 3.78. The Labute approximate surface area is 101 Å². The summed E-state index contributed by atoms with van der Waals surface area (Å²) in [6, 6.07) is 1.50. The summed E-state index contributed by atoms with van der Waals surface area (Å²) in [5, 5.41) is 3.89. The van der Waals surface area contributed by atoms with E-state index in [1.165, 1.54) is 57.8 Å². The molecule has 2 aliphatic rings. The summed E-state index contributed by atoms with van der Waals surface area (Å²) in [5.74, 6) is 1.92. The molecule has 2 rings (SSSR count). The minimum Gasteiger partial charge on any atom is -0.311 e. The lowest BCUT2D eigenvalue weighted by atomic mass is 9.84. The van der Waals surface area contributed by atoms with Gasteiger partial charge in [-0.25, -0.2) is 0 Å². The summed E-state index contributed by atoms with van der Waals surface area (Å²) in [6.45, 7) is 4.83. The lowest BCUT2D eigenvalue weighted by Gasteiger charge is -2.32. The molecule has 1 N–H and O–H groups in total. The SMILES string of the molecule is CC(N[C@H](C)C1CCCC1)C1CCCCC1. The van der Waals surface area contributed by atoms with Gasteiger partial charge in [-0.15, -0.1) is 0 Å². The summed E-state index contributed by atoms with van der Waals surface area (Å²) in [7, 11) is 0. The van der Waals surface area contributed by atoms with E-state index in [0.717, 1.165) is 23.9 Å². The predicted molar refractivity (Wildman–Crippen MR) is 70.6 cm³/mol. The van der Waals surface area contributed by atoms with Crippen molar-refractivity contribution in [3.8, 4) is 0 Å². The first-order chi connectivity index (χ1) is 7.77. The van der Waals surface area contributed by atoms with Gasteiger partial charge in [0.15, 0.2) is 0 Å². The van der Waals surface area contributed by atoms with Crippen LogP contribution < -0.4 is 5.32 Å². The first-order valence-electron chi connectivity index (χ1n) is 7.53. The third kappa shape index (κ3) is 3.23. The average Bonchev–Trinajstić information content (AvgIpc) is 2.83. The second kappa shape index (κ2) is 6.05. The van der Waals surface area contributed by atoms with E-state index in [1.807, 2.05) is 0 Å². The Hall–Kier alpha value is -0.0400. The quantitative estimate of drug-likeness (QED) is 0.756. The molecule has 0 heterocycles. The molecule has 0 saturated heterocycles. The second-order valence-corrected chi connectivity index (χ2v) is 6.19. The van der Waals surface area contributed by atoms with Gasteiger partial charge in [0.25, 0.3) is 0 Å². The van der Waals surface area contributed by atoms with E-state index < -0.39 is 0 Å². The summed E-state index contributed by atoms with van der Waals surface area (Å²) in [4.78, 5) is 0. The molecule has 1 heteroatoms. The van der Waals surface area contributed by atoms with E-state index >= 15 is 0 Å². The second-order valence-electron chi connectivity index (χ2n) is 6.19. The minimum atomic E-state index is 0.746. The molecule has 0 aliphatic heterocycles. The predicted octanol–water partition coefficient (Wildman–Crippen LogP) is 4.12. The Balaban J connectivity index is 1.74. The Kier molecular flexibility index (Phi) is 4.69. The Bertz CT molecular complexity index is 190. The van der Waals surface area contributed by atoms with Crippen molar-refractivity contribution in [1.29, 1.82) is 0 Å². The molecule has 0 aromatic rings. The molecular formula is C15H29N. The lowest BCUT2D eigenvalue weighted by molar-refractivity contribution is 0.244. The Morgan fingerprint density at radius 1 is 0.688 bits per heavy atom. The smallest absolute Gasteiger partial charge is 0.00695 e. The number of rotatable bonds is 4. The molecule has 94 valence electrons. The van der Waals surface area contributed by atoms with E-state index in [9.17, 15) is 0 Å². The highest BCUT2D eigenvalue weighted by Gasteiger charge is 2.25. The molecule has 2 saturated carbocycles. The monoisotopic (exact) mass is 223 g/mol. The van der Waals surface area contributed by atoms with Crippen LogP contribution in [0.1, 0.15) is 71.6 Å². The third-order valence-electron chi connectivity index (χ3n) is 4.99. The molecule has 0 spiro atoms. The zero-order valence-electron chi connectivity index (χ0n) is 11.2. The number of hydrogen-bond acceptors (Lipinski definition) is 1. The minimum absolute atomic E-state index is 0.746. The van der Waals surface area contributed by atoms with Gasteiger partial charge in [-0.1, -0.05) is 32.1 Å². The maximum Gasteiger partial charge on any atom is 0.00695 e. The van der Waals surface area contributed by atoms with Crippen LogP contribution in [0.2, 0.25) is 0 Å². The summed E-state index contributed by atoms with van der Waals surface area (Å²) >= 11 is 0. The topological polar surface area (TPSA) is 12.0 Å². The molecule has 1 unspecified atom stereocenters. The van der Waals surface area contributed by atoms with Gasteiger partial charge >= 0.3 is 0 Å². The largest absolute Gasteiger partial charge is 0.311 e. The maximum atomic E-state index is 3.89. The average molecular weight is 223 g/mol. The summed E-state index contributed by atoms with van der Waals surface area (Å²) in [5.41, 5.74) is 0. The fraction of sp³-hybridized carbons (Fsp3) is 1.00. The lowest BCUT2D eigenvalue weighted by Crippen LogP contribution is -2.43. The van der Waals surface area contributed by atoms with Crippen LogP contribution >= 0.6 is 0 Å². The zero-order chi connectivity index (χ0) is 11.4. The molecule has 16 heavy (non-hydrogen) atoms. The van der Waals surface area contributed by atoms with Gasteiger partial charge < -0.3 is 5.32 Å². The summed E-state index contributed by atoms with van der Waals surface area (Å²) in [6.07, 6.45) is 13.2. The van der Waals surface area contributed by atoms with Gasteiger partial charge in [0.1, 0.15) is 0 Å². The maximum absolute atomic E-state index is 3.89. The van der Waals surface area contributed by atoms with Crippen molar-refractivity contribution < 1.29 is 0 Å². The highest BCUT2D eigenvalue weighted by molar-refractivity contribution is 4.83. The fourth-order valence-corrected chi connectivity index (χ4v) is 3.78. The standard InChI is InChI=1S/C15H29N/c1-12(14-8-4-3-5-9-14)16-13(2)15-10-6-7-11-15/h12-16H,3-11H2,1-2H3/t12?,13-/m1/s1. The van der Waals surface area contributed by atoms with Crippen LogP contribution in [0.3, 0.4) is 0 Å². The van der Waals surface area contributed by atoms with Crippen LogP contribution in [-0.2, 0) is 0 Å². The van der Waals surface area contributed by atoms with Gasteiger partial charge in [0.05, 0.1) is 0 Å².